The lowest BCUT2D eigenvalue weighted by molar-refractivity contribution is -0.140. The second-order valence-electron chi connectivity index (χ2n) is 10.0. The summed E-state index contributed by atoms with van der Waals surface area (Å²) in [5.41, 5.74) is 2.13. The van der Waals surface area contributed by atoms with E-state index < -0.39 is 28.5 Å². The number of benzene rings is 3. The number of nitrogens with one attached hydrogen (secondary N) is 1. The van der Waals surface area contributed by atoms with Crippen LogP contribution in [-0.2, 0) is 26.2 Å². The second kappa shape index (κ2) is 14.0. The van der Waals surface area contributed by atoms with E-state index in [-0.39, 0.29) is 29.0 Å². The third-order valence-electron chi connectivity index (χ3n) is 6.62. The van der Waals surface area contributed by atoms with E-state index >= 15 is 0 Å². The van der Waals surface area contributed by atoms with Gasteiger partial charge in [0.1, 0.15) is 18.3 Å². The minimum absolute atomic E-state index is 0.0535. The molecule has 0 aliphatic heterocycles. The van der Waals surface area contributed by atoms with E-state index in [9.17, 15) is 18.0 Å². The minimum atomic E-state index is -4.13. The van der Waals surface area contributed by atoms with Gasteiger partial charge in [-0.1, -0.05) is 69.3 Å². The Morgan fingerprint density at radius 2 is 1.62 bits per heavy atom. The predicted octanol–water partition coefficient (Wildman–Crippen LogP) is 4.78. The summed E-state index contributed by atoms with van der Waals surface area (Å²) in [6, 6.07) is 21.4. The standard InChI is InChI=1S/C31H39N3O5S/c1-6-29(31(36)32-20-23(2)3)33(21-25-14-11-10-13-24(25)4)30(35)22-34(26-15-12-16-27(19-26)39-5)40(37,38)28-17-8-7-9-18-28/h7-19,23,29H,6,20-22H2,1-5H3,(H,32,36)/t29-/m0/s1. The molecule has 0 unspecified atom stereocenters. The quantitative estimate of drug-likeness (QED) is 0.322. The van der Waals surface area contributed by atoms with Crippen molar-refractivity contribution in [3.8, 4) is 5.75 Å². The molecule has 214 valence electrons. The van der Waals surface area contributed by atoms with E-state index in [2.05, 4.69) is 5.32 Å². The molecule has 1 atom stereocenters. The van der Waals surface area contributed by atoms with Gasteiger partial charge in [0.25, 0.3) is 10.0 Å². The number of hydrogen-bond donors (Lipinski definition) is 1. The zero-order valence-corrected chi connectivity index (χ0v) is 24.6. The van der Waals surface area contributed by atoms with E-state index in [4.69, 9.17) is 4.74 Å². The SMILES string of the molecule is CC[C@@H](C(=O)NCC(C)C)N(Cc1ccccc1C)C(=O)CN(c1cccc(OC)c1)S(=O)(=O)c1ccccc1. The van der Waals surface area contributed by atoms with Crippen LogP contribution in [0, 0.1) is 12.8 Å². The predicted molar refractivity (Wildman–Crippen MR) is 158 cm³/mol. The molecule has 0 radical (unpaired) electrons. The number of methoxy groups -OCH3 is 1. The molecule has 0 heterocycles. The Bertz CT molecular complexity index is 1390. The van der Waals surface area contributed by atoms with Crippen molar-refractivity contribution in [1.29, 1.82) is 0 Å². The molecule has 9 heteroatoms. The molecule has 3 aromatic rings. The number of amides is 2. The van der Waals surface area contributed by atoms with E-state index in [1.165, 1.54) is 24.1 Å². The van der Waals surface area contributed by atoms with Crippen LogP contribution in [0.25, 0.3) is 0 Å². The maximum Gasteiger partial charge on any atom is 0.264 e. The van der Waals surface area contributed by atoms with E-state index in [0.717, 1.165) is 15.4 Å². The maximum atomic E-state index is 14.1. The number of ether oxygens (including phenoxy) is 1. The fourth-order valence-electron chi connectivity index (χ4n) is 4.33. The average Bonchev–Trinajstić information content (AvgIpc) is 2.95. The van der Waals surface area contributed by atoms with Gasteiger partial charge in [0.2, 0.25) is 11.8 Å². The topological polar surface area (TPSA) is 96.0 Å². The Morgan fingerprint density at radius 1 is 0.950 bits per heavy atom. The number of carbonyl (C=O) groups is 2. The summed E-state index contributed by atoms with van der Waals surface area (Å²) in [7, 11) is -2.64. The van der Waals surface area contributed by atoms with Gasteiger partial charge in [-0.2, -0.15) is 0 Å². The van der Waals surface area contributed by atoms with Crippen molar-refractivity contribution < 1.29 is 22.7 Å². The highest BCUT2D eigenvalue weighted by Gasteiger charge is 2.34. The summed E-state index contributed by atoms with van der Waals surface area (Å²) < 4.78 is 34.2. The van der Waals surface area contributed by atoms with Gasteiger partial charge in [-0.25, -0.2) is 8.42 Å². The number of carbonyl (C=O) groups excluding carboxylic acids is 2. The van der Waals surface area contributed by atoms with Crippen LogP contribution < -0.4 is 14.4 Å². The highest BCUT2D eigenvalue weighted by atomic mass is 32.2. The normalized spacial score (nSPS) is 12.1. The van der Waals surface area contributed by atoms with Gasteiger partial charge in [-0.15, -0.1) is 0 Å². The molecule has 0 aromatic heterocycles. The summed E-state index contributed by atoms with van der Waals surface area (Å²) in [4.78, 5) is 29.0. The lowest BCUT2D eigenvalue weighted by atomic mass is 10.1. The number of nitrogens with zero attached hydrogens (tertiary/aromatic N) is 2. The summed E-state index contributed by atoms with van der Waals surface area (Å²) >= 11 is 0. The monoisotopic (exact) mass is 565 g/mol. The molecule has 40 heavy (non-hydrogen) atoms. The van der Waals surface area contributed by atoms with Crippen LogP contribution in [0.1, 0.15) is 38.3 Å². The number of anilines is 1. The average molecular weight is 566 g/mol. The fraction of sp³-hybridized carbons (Fsp3) is 0.355. The highest BCUT2D eigenvalue weighted by Crippen LogP contribution is 2.28. The Labute approximate surface area is 238 Å². The Kier molecular flexibility index (Phi) is 10.7. The molecule has 3 aromatic carbocycles. The highest BCUT2D eigenvalue weighted by molar-refractivity contribution is 7.92. The number of sulfonamides is 1. The molecule has 0 aliphatic rings. The van der Waals surface area contributed by atoms with Crippen LogP contribution in [0.2, 0.25) is 0 Å². The Hall–Kier alpha value is -3.85. The lowest BCUT2D eigenvalue weighted by Gasteiger charge is -2.33. The first-order valence-electron chi connectivity index (χ1n) is 13.4. The van der Waals surface area contributed by atoms with E-state index in [1.54, 1.807) is 42.5 Å². The molecule has 3 rings (SSSR count). The molecular weight excluding hydrogens is 526 g/mol. The Balaban J connectivity index is 2.06. The van der Waals surface area contributed by atoms with Gasteiger partial charge in [0.05, 0.1) is 17.7 Å². The lowest BCUT2D eigenvalue weighted by Crippen LogP contribution is -2.52. The van der Waals surface area contributed by atoms with Crippen LogP contribution in [-0.4, -0.2) is 51.4 Å². The van der Waals surface area contributed by atoms with Crippen LogP contribution in [0.15, 0.2) is 83.8 Å². The molecule has 0 saturated heterocycles. The van der Waals surface area contributed by atoms with Gasteiger partial charge in [-0.3, -0.25) is 13.9 Å². The van der Waals surface area contributed by atoms with Gasteiger partial charge in [-0.05, 0) is 54.7 Å². The van der Waals surface area contributed by atoms with Gasteiger partial charge < -0.3 is 15.0 Å². The molecular formula is C31H39N3O5S. The van der Waals surface area contributed by atoms with Gasteiger partial charge in [0, 0.05) is 19.2 Å². The second-order valence-corrected chi connectivity index (χ2v) is 11.9. The summed E-state index contributed by atoms with van der Waals surface area (Å²) in [6.07, 6.45) is 0.367. The molecule has 0 spiro atoms. The molecule has 0 fully saturated rings. The van der Waals surface area contributed by atoms with Crippen molar-refractivity contribution in [3.63, 3.8) is 0 Å². The first kappa shape index (κ1) is 30.7. The van der Waals surface area contributed by atoms with Crippen LogP contribution in [0.3, 0.4) is 0 Å². The van der Waals surface area contributed by atoms with Crippen molar-refractivity contribution in [1.82, 2.24) is 10.2 Å². The zero-order valence-electron chi connectivity index (χ0n) is 23.8. The van der Waals surface area contributed by atoms with Gasteiger partial charge >= 0.3 is 0 Å². The van der Waals surface area contributed by atoms with Crippen molar-refractivity contribution in [3.05, 3.63) is 90.0 Å². The van der Waals surface area contributed by atoms with Crippen molar-refractivity contribution in [2.75, 3.05) is 24.5 Å². The summed E-state index contributed by atoms with van der Waals surface area (Å²) in [6.45, 7) is 7.93. The van der Waals surface area contributed by atoms with E-state index in [1.807, 2.05) is 52.0 Å². The maximum absolute atomic E-state index is 14.1. The van der Waals surface area contributed by atoms with Crippen molar-refractivity contribution >= 4 is 27.5 Å². The fourth-order valence-corrected chi connectivity index (χ4v) is 5.75. The Morgan fingerprint density at radius 3 is 2.25 bits per heavy atom. The zero-order chi connectivity index (χ0) is 29.3. The molecule has 0 bridgehead atoms. The first-order chi connectivity index (χ1) is 19.1. The smallest absolute Gasteiger partial charge is 0.264 e. The largest absolute Gasteiger partial charge is 0.497 e. The molecule has 8 nitrogen and oxygen atoms in total. The molecule has 0 saturated carbocycles. The van der Waals surface area contributed by atoms with Crippen LogP contribution in [0.4, 0.5) is 5.69 Å². The number of hydrogen-bond acceptors (Lipinski definition) is 5. The summed E-state index contributed by atoms with van der Waals surface area (Å²) in [5.74, 6) is -0.0647. The van der Waals surface area contributed by atoms with Crippen molar-refractivity contribution in [2.45, 2.75) is 51.6 Å². The third-order valence-corrected chi connectivity index (χ3v) is 8.41. The number of aryl methyl sites for hydroxylation is 1. The summed E-state index contributed by atoms with van der Waals surface area (Å²) in [5, 5.41) is 2.94. The van der Waals surface area contributed by atoms with Crippen LogP contribution >= 0.6 is 0 Å². The van der Waals surface area contributed by atoms with E-state index in [0.29, 0.717) is 18.7 Å². The third kappa shape index (κ3) is 7.63. The van der Waals surface area contributed by atoms with Crippen LogP contribution in [0.5, 0.6) is 5.75 Å². The molecule has 2 amide bonds. The molecule has 1 N–H and O–H groups in total. The molecule has 0 aliphatic carbocycles. The van der Waals surface area contributed by atoms with Crippen molar-refractivity contribution in [2.24, 2.45) is 5.92 Å². The first-order valence-corrected chi connectivity index (χ1v) is 14.9. The number of rotatable bonds is 13. The van der Waals surface area contributed by atoms with Gasteiger partial charge in [0.15, 0.2) is 0 Å². The minimum Gasteiger partial charge on any atom is -0.497 e.